The van der Waals surface area contributed by atoms with Crippen molar-refractivity contribution in [3.05, 3.63) is 94.0 Å². The summed E-state index contributed by atoms with van der Waals surface area (Å²) in [5, 5.41) is 120. The molecule has 74 nitrogen and oxygen atoms in total. The summed E-state index contributed by atoms with van der Waals surface area (Å²) < 4.78 is 8.97. The third kappa shape index (κ3) is 80.8. The zero-order chi connectivity index (χ0) is 107. The second-order valence-electron chi connectivity index (χ2n) is 27.4. The van der Waals surface area contributed by atoms with Crippen LogP contribution in [-0.2, 0) is 81.4 Å². The fraction of sp³-hybridized carbons (Fsp3) is 0.723. The van der Waals surface area contributed by atoms with Gasteiger partial charge in [-0.2, -0.15) is 0 Å². The minimum Gasteiger partial charge on any atom is -0.480 e. The molecule has 3 unspecified atom stereocenters. The van der Waals surface area contributed by atoms with E-state index in [0.717, 1.165) is 6.42 Å². The number of nitrogens with one attached hydrogen (secondary N) is 6. The summed E-state index contributed by atoms with van der Waals surface area (Å²) in [6.07, 6.45) is 1.43. The van der Waals surface area contributed by atoms with Gasteiger partial charge in [0.25, 0.3) is 0 Å². The molecule has 3 rings (SSSR count). The number of carboxylic acids is 9. The first-order chi connectivity index (χ1) is 65.6. The first kappa shape index (κ1) is 133. The zero-order valence-electron chi connectivity index (χ0n) is 74.5. The van der Waals surface area contributed by atoms with Gasteiger partial charge in [0.2, 0.25) is 29.5 Å². The molecule has 0 radical (unpaired) electrons. The molecular weight excluding hydrogens is 1880 g/mol. The van der Waals surface area contributed by atoms with E-state index < -0.39 is 133 Å². The summed E-state index contributed by atoms with van der Waals surface area (Å²) in [5.74, 6) is -12.0. The minimum atomic E-state index is -1.25. The highest BCUT2D eigenvalue weighted by atomic mass is 16.6. The number of likely N-dealkylation sites (tertiary alicyclic amines) is 3. The summed E-state index contributed by atoms with van der Waals surface area (Å²) in [4.78, 5) is 221. The van der Waals surface area contributed by atoms with Crippen LogP contribution in [-0.4, -0.2) is 372 Å². The standard InChI is InChI=1S/2C9H15N5O3.C8H13N5O3.2C7H13N5O3.C7H12N4O3.C6H12N6O3.2C6H11N5O4/c10-7(9(16)17)3-8(15)14-2-1-6(5-14)4-12-13-11;10-7(9(16)17)1-2-8(15)14-4-3-6(5-14)12-13-11;9-6(8(15)16)3-7(14)13-2-1-5(4-13)11-12-10;8-5(7(14)15)1-2-6(13)10-3-4-11-12-9;8-5(7(14)15)4-10-6(13)2-1-3-11-12-9;8-6(7(13)14)4-5(12)2-1-3-10-11-9;7-4(5(13)14)3-10-6(15)9-1-2-11-12-8;7-4(5(12)13)3-9-6(14)15-2-1-10-11-8;7-4(5(12)13)3-15-6(14)9-1-2-10-11-8/h2*6-7H,1-5,10H2,(H,16,17);5-6H,1-4,9H2,(H,15,16);2*5H,1-4,8H2,(H,10,13)(H,14,15);6H,1-4,8H2,(H,13,14);4H,1-3,7H2,(H,13,14)(H2,9,10,15);2*4H,1-3,7H2,(H,9,14)(H,12,13)/t2*6?,7-;5?,6-;2*5-;6-;3*4-/m000000000/s1. The van der Waals surface area contributed by atoms with Crippen molar-refractivity contribution in [3.8, 4) is 0 Å². The predicted octanol–water partition coefficient (Wildman–Crippen LogP) is -2.73. The van der Waals surface area contributed by atoms with Gasteiger partial charge in [-0.25, -0.2) is 14.4 Å². The number of ether oxygens (including phenoxy) is 2. The Kier molecular flexibility index (Phi) is 82.1. The number of carbonyl (C=O) groups excluding carboxylic acids is 9. The summed E-state index contributed by atoms with van der Waals surface area (Å²) >= 11 is 0. The number of alkyl carbamates (subject to hydrolysis) is 2. The number of ketones is 1. The third-order valence-electron chi connectivity index (χ3n) is 16.5. The van der Waals surface area contributed by atoms with Crippen molar-refractivity contribution >= 4 is 107 Å². The molecule has 0 saturated carbocycles. The number of aliphatic carboxylic acids is 9. The van der Waals surface area contributed by atoms with Crippen LogP contribution in [0.3, 0.4) is 0 Å². The van der Waals surface area contributed by atoms with Crippen LogP contribution < -0.4 is 83.5 Å². The van der Waals surface area contributed by atoms with Gasteiger partial charge in [0, 0.05) is 194 Å². The van der Waals surface area contributed by atoms with Crippen molar-refractivity contribution in [3.63, 3.8) is 0 Å². The number of amides is 9. The van der Waals surface area contributed by atoms with E-state index in [0.29, 0.717) is 71.5 Å². The Morgan fingerprint density at radius 1 is 0.331 bits per heavy atom. The molecular formula is C65H115N45O29. The smallest absolute Gasteiger partial charge is 0.407 e. The Labute approximate surface area is 784 Å². The van der Waals surface area contributed by atoms with Crippen LogP contribution >= 0.6 is 0 Å². The lowest BCUT2D eigenvalue weighted by Gasteiger charge is -2.17. The lowest BCUT2D eigenvalue weighted by atomic mass is 10.1. The summed E-state index contributed by atoms with van der Waals surface area (Å²) in [6, 6.07) is -11.1. The minimum absolute atomic E-state index is 0.0227. The number of Topliss-reactive ketones (excluding diaryl/α,β-unsaturated/α-hetero) is 1. The van der Waals surface area contributed by atoms with Crippen LogP contribution in [0.15, 0.2) is 46.0 Å². The summed E-state index contributed by atoms with van der Waals surface area (Å²) in [7, 11) is 0. The molecule has 0 aromatic heterocycles. The molecule has 0 aromatic carbocycles. The van der Waals surface area contributed by atoms with Gasteiger partial charge in [0.15, 0.2) is 0 Å². The molecule has 0 spiro atoms. The van der Waals surface area contributed by atoms with Crippen molar-refractivity contribution in [2.45, 2.75) is 156 Å². The largest absolute Gasteiger partial charge is 0.480 e. The van der Waals surface area contributed by atoms with Crippen LogP contribution in [0.4, 0.5) is 14.4 Å². The van der Waals surface area contributed by atoms with E-state index >= 15 is 0 Å². The van der Waals surface area contributed by atoms with Gasteiger partial charge in [-0.3, -0.25) is 71.9 Å². The first-order valence-electron chi connectivity index (χ1n) is 40.3. The molecule has 3 aliphatic heterocycles. The molecule has 3 aliphatic rings. The second kappa shape index (κ2) is 85.7. The highest BCUT2D eigenvalue weighted by Gasteiger charge is 2.31. The third-order valence-corrected chi connectivity index (χ3v) is 16.5. The first-order valence-corrected chi connectivity index (χ1v) is 40.3. The van der Waals surface area contributed by atoms with E-state index in [1.807, 2.05) is 0 Å². The van der Waals surface area contributed by atoms with E-state index in [4.69, 9.17) is 147 Å². The predicted molar refractivity (Wildman–Crippen MR) is 473 cm³/mol. The van der Waals surface area contributed by atoms with E-state index in [9.17, 15) is 86.3 Å². The second-order valence-corrected chi connectivity index (χ2v) is 27.4. The quantitative estimate of drug-likeness (QED) is 0.0127. The number of hydrogen-bond donors (Lipinski definition) is 24. The highest BCUT2D eigenvalue weighted by molar-refractivity contribution is 5.87. The molecule has 3 heterocycles. The van der Waals surface area contributed by atoms with Crippen LogP contribution in [0.5, 0.6) is 0 Å². The highest BCUT2D eigenvalue weighted by Crippen LogP contribution is 2.19. The number of urea groups is 1. The number of carboxylic acid groups (broad SMARTS) is 9. The van der Waals surface area contributed by atoms with Crippen molar-refractivity contribution < 1.29 is 142 Å². The lowest BCUT2D eigenvalue weighted by Crippen LogP contribution is -2.46. The Morgan fingerprint density at radius 3 is 1.10 bits per heavy atom. The van der Waals surface area contributed by atoms with Crippen LogP contribution in [0, 0.1) is 5.92 Å². The van der Waals surface area contributed by atoms with Gasteiger partial charge in [0.1, 0.15) is 66.8 Å². The average molecular weight is 1990 g/mol. The number of azide groups is 9. The van der Waals surface area contributed by atoms with Gasteiger partial charge in [0.05, 0.1) is 38.1 Å². The van der Waals surface area contributed by atoms with Crippen LogP contribution in [0.1, 0.15) is 89.9 Å². The average Bonchev–Trinajstić information content (AvgIpc) is 2.16. The molecule has 139 heavy (non-hydrogen) atoms. The summed E-state index contributed by atoms with van der Waals surface area (Å²) in [5.41, 5.74) is 119. The Hall–Kier alpha value is -16.5. The fourth-order valence-electron chi connectivity index (χ4n) is 9.08. The van der Waals surface area contributed by atoms with Crippen molar-refractivity contribution in [1.82, 2.24) is 46.6 Å². The zero-order valence-corrected chi connectivity index (χ0v) is 74.5. The maximum atomic E-state index is 11.7. The number of nitrogens with zero attached hydrogens (tertiary/aromatic N) is 30. The molecule has 3 fully saturated rings. The number of rotatable bonds is 53. The molecule has 0 bridgehead atoms. The fourth-order valence-corrected chi connectivity index (χ4v) is 9.08. The normalized spacial score (nSPS) is 14.7. The molecule has 774 valence electrons. The maximum absolute atomic E-state index is 11.7. The van der Waals surface area contributed by atoms with Gasteiger partial charge in [-0.05, 0) is 101 Å². The van der Waals surface area contributed by atoms with Crippen LogP contribution in [0.2, 0.25) is 0 Å². The van der Waals surface area contributed by atoms with Crippen molar-refractivity contribution in [1.29, 1.82) is 0 Å². The Balaban J connectivity index is -0.000000358. The molecule has 0 aromatic rings. The molecule has 3 saturated heterocycles. The monoisotopic (exact) mass is 1990 g/mol. The molecule has 74 heteroatoms. The van der Waals surface area contributed by atoms with E-state index in [-0.39, 0.29) is 196 Å². The Bertz CT molecular complexity index is 4050. The topological polar surface area (TPSA) is 1260 Å². The summed E-state index contributed by atoms with van der Waals surface area (Å²) in [6.45, 7) is 3.68. The number of nitrogens with two attached hydrogens (primary N) is 9. The van der Waals surface area contributed by atoms with Crippen LogP contribution in [0.25, 0.3) is 94.0 Å². The maximum Gasteiger partial charge on any atom is 0.407 e. The van der Waals surface area contributed by atoms with Gasteiger partial charge in [-0.15, -0.1) is 0 Å². The van der Waals surface area contributed by atoms with Gasteiger partial charge >= 0.3 is 71.9 Å². The number of carbonyl (C=O) groups is 18. The molecule has 9 amide bonds. The van der Waals surface area contributed by atoms with Crippen molar-refractivity contribution in [2.24, 2.45) is 104 Å². The van der Waals surface area contributed by atoms with E-state index in [2.05, 4.69) is 132 Å². The van der Waals surface area contributed by atoms with Gasteiger partial charge < -0.3 is 154 Å². The lowest BCUT2D eigenvalue weighted by molar-refractivity contribution is -0.142. The van der Waals surface area contributed by atoms with E-state index in [1.54, 1.807) is 9.80 Å². The van der Waals surface area contributed by atoms with E-state index in [1.165, 1.54) is 4.90 Å². The number of hydrogen-bond acceptors (Lipinski definition) is 38. The van der Waals surface area contributed by atoms with Gasteiger partial charge in [-0.1, -0.05) is 46.0 Å². The molecule has 0 aliphatic carbocycles. The molecule has 12 atom stereocenters. The van der Waals surface area contributed by atoms with Crippen molar-refractivity contribution in [2.75, 3.05) is 138 Å². The Morgan fingerprint density at radius 2 is 0.676 bits per heavy atom. The molecule has 33 N–H and O–H groups in total. The SMILES string of the molecule is [N-]=[N+]=NC1CCN(C(=O)CC[C@H](N)C(=O)O)C1.[N-]=[N+]=NC1CCN(C(=O)C[C@H](N)C(=O)O)C1.[N-]=[N+]=NCC1CCN(C(=O)C[C@H](N)C(=O)O)C1.[N-]=[N+]=NCCCC(=O)C[C@H](N)C(=O)O.[N-]=[N+]=NCCCC(=O)NC[C@H](N)C(=O)O.[N-]=[N+]=NCCNC(=O)CC[C@H](N)C(=O)O.[N-]=[N+]=NCCNC(=O)NC[C@H](N)C(=O)O.[N-]=[N+]=NCCNC(=O)OC[C@H](N)C(=O)O.[N-]=[N+]=NCCOC(=O)NC[C@H](N)C(=O)O.